The summed E-state index contributed by atoms with van der Waals surface area (Å²) in [7, 11) is 0. The van der Waals surface area contributed by atoms with Gasteiger partial charge in [0, 0.05) is 4.90 Å². The summed E-state index contributed by atoms with van der Waals surface area (Å²) in [6.07, 6.45) is 2.41. The zero-order valence-electron chi connectivity index (χ0n) is 10.3. The molecule has 0 N–H and O–H groups in total. The van der Waals surface area contributed by atoms with Crippen LogP contribution in [0.1, 0.15) is 39.7 Å². The molecule has 0 aliphatic carbocycles. The van der Waals surface area contributed by atoms with E-state index in [1.807, 2.05) is 11.8 Å². The highest BCUT2D eigenvalue weighted by Crippen LogP contribution is 2.29. The Balaban J connectivity index is 2.77. The summed E-state index contributed by atoms with van der Waals surface area (Å²) < 4.78 is 0. The van der Waals surface area contributed by atoms with Crippen LogP contribution in [0.3, 0.4) is 0 Å². The molecule has 0 heterocycles. The summed E-state index contributed by atoms with van der Waals surface area (Å²) in [6, 6.07) is 8.81. The summed E-state index contributed by atoms with van der Waals surface area (Å²) in [6.45, 7) is 9.14. The SMILES string of the molecule is CCCSc1ccccc1CC(C)(C)C. The van der Waals surface area contributed by atoms with Gasteiger partial charge in [-0.15, -0.1) is 11.8 Å². The third-order valence-corrected chi connectivity index (χ3v) is 3.48. The quantitative estimate of drug-likeness (QED) is 0.661. The first kappa shape index (κ1) is 12.6. The Hall–Kier alpha value is -0.430. The van der Waals surface area contributed by atoms with Crippen LogP contribution in [-0.2, 0) is 6.42 Å². The van der Waals surface area contributed by atoms with Crippen LogP contribution in [-0.4, -0.2) is 5.75 Å². The molecule has 0 aromatic heterocycles. The second-order valence-corrected chi connectivity index (χ2v) is 6.33. The minimum atomic E-state index is 0.378. The highest BCUT2D eigenvalue weighted by Gasteiger charge is 2.13. The Morgan fingerprint density at radius 3 is 2.40 bits per heavy atom. The van der Waals surface area contributed by atoms with E-state index in [9.17, 15) is 0 Å². The van der Waals surface area contributed by atoms with Gasteiger partial charge in [0.1, 0.15) is 0 Å². The van der Waals surface area contributed by atoms with Crippen LogP contribution < -0.4 is 0 Å². The predicted molar refractivity (Wildman–Crippen MR) is 70.6 cm³/mol. The van der Waals surface area contributed by atoms with Gasteiger partial charge in [-0.25, -0.2) is 0 Å². The number of rotatable bonds is 4. The lowest BCUT2D eigenvalue weighted by Crippen LogP contribution is -2.09. The zero-order valence-corrected chi connectivity index (χ0v) is 11.2. The third kappa shape index (κ3) is 4.74. The fraction of sp³-hybridized carbons (Fsp3) is 0.571. The van der Waals surface area contributed by atoms with Gasteiger partial charge in [-0.05, 0) is 35.6 Å². The summed E-state index contributed by atoms with van der Waals surface area (Å²) in [5.41, 5.74) is 1.88. The van der Waals surface area contributed by atoms with E-state index < -0.39 is 0 Å². The van der Waals surface area contributed by atoms with E-state index in [-0.39, 0.29) is 0 Å². The van der Waals surface area contributed by atoms with Crippen molar-refractivity contribution in [3.63, 3.8) is 0 Å². The fourth-order valence-electron chi connectivity index (χ4n) is 1.57. The lowest BCUT2D eigenvalue weighted by molar-refractivity contribution is 0.408. The Kier molecular flexibility index (Phi) is 4.72. The first-order valence-electron chi connectivity index (χ1n) is 5.73. The average molecular weight is 222 g/mol. The maximum Gasteiger partial charge on any atom is 0.0104 e. The number of benzene rings is 1. The molecule has 0 atom stereocenters. The number of thioether (sulfide) groups is 1. The average Bonchev–Trinajstić information content (AvgIpc) is 2.14. The van der Waals surface area contributed by atoms with E-state index in [4.69, 9.17) is 0 Å². The van der Waals surface area contributed by atoms with Crippen molar-refractivity contribution in [3.05, 3.63) is 29.8 Å². The predicted octanol–water partition coefficient (Wildman–Crippen LogP) is 4.78. The van der Waals surface area contributed by atoms with Gasteiger partial charge < -0.3 is 0 Å². The molecule has 0 aliphatic heterocycles. The maximum absolute atomic E-state index is 2.30. The first-order valence-corrected chi connectivity index (χ1v) is 6.72. The molecule has 0 aliphatic rings. The first-order chi connectivity index (χ1) is 7.03. The minimum absolute atomic E-state index is 0.378. The van der Waals surface area contributed by atoms with Crippen LogP contribution in [0.15, 0.2) is 29.2 Å². The Labute approximate surface area is 98.5 Å². The number of hydrogen-bond donors (Lipinski definition) is 0. The highest BCUT2D eigenvalue weighted by atomic mass is 32.2. The molecule has 1 aromatic rings. The second kappa shape index (κ2) is 5.60. The molecule has 0 amide bonds. The molecule has 1 aromatic carbocycles. The summed E-state index contributed by atoms with van der Waals surface area (Å²) in [4.78, 5) is 1.47. The van der Waals surface area contributed by atoms with Crippen molar-refractivity contribution in [2.24, 2.45) is 5.41 Å². The van der Waals surface area contributed by atoms with Gasteiger partial charge in [0.25, 0.3) is 0 Å². The van der Waals surface area contributed by atoms with Crippen LogP contribution >= 0.6 is 11.8 Å². The van der Waals surface area contributed by atoms with E-state index in [0.717, 1.165) is 0 Å². The van der Waals surface area contributed by atoms with E-state index in [1.165, 1.54) is 29.1 Å². The smallest absolute Gasteiger partial charge is 0.0104 e. The van der Waals surface area contributed by atoms with Gasteiger partial charge in [0.2, 0.25) is 0 Å². The second-order valence-electron chi connectivity index (χ2n) is 5.19. The normalized spacial score (nSPS) is 11.7. The van der Waals surface area contributed by atoms with Crippen molar-refractivity contribution >= 4 is 11.8 Å². The monoisotopic (exact) mass is 222 g/mol. The third-order valence-electron chi connectivity index (χ3n) is 2.16. The van der Waals surface area contributed by atoms with E-state index in [0.29, 0.717) is 5.41 Å². The molecule has 0 bridgehead atoms. The summed E-state index contributed by atoms with van der Waals surface area (Å²) in [5.74, 6) is 1.22. The van der Waals surface area contributed by atoms with Crippen LogP contribution in [0.25, 0.3) is 0 Å². The van der Waals surface area contributed by atoms with Crippen molar-refractivity contribution in [2.45, 2.75) is 45.4 Å². The van der Waals surface area contributed by atoms with Gasteiger partial charge in [-0.1, -0.05) is 45.9 Å². The van der Waals surface area contributed by atoms with Crippen molar-refractivity contribution in [1.29, 1.82) is 0 Å². The van der Waals surface area contributed by atoms with Crippen LogP contribution in [0.5, 0.6) is 0 Å². The van der Waals surface area contributed by atoms with Crippen molar-refractivity contribution in [3.8, 4) is 0 Å². The largest absolute Gasteiger partial charge is 0.126 e. The fourth-order valence-corrected chi connectivity index (χ4v) is 2.50. The Morgan fingerprint density at radius 1 is 1.13 bits per heavy atom. The molecule has 0 saturated carbocycles. The maximum atomic E-state index is 2.30. The molecule has 0 unspecified atom stereocenters. The van der Waals surface area contributed by atoms with E-state index >= 15 is 0 Å². The van der Waals surface area contributed by atoms with Crippen molar-refractivity contribution < 1.29 is 0 Å². The molecule has 15 heavy (non-hydrogen) atoms. The lowest BCUT2D eigenvalue weighted by Gasteiger charge is -2.20. The standard InChI is InChI=1S/C14H22S/c1-5-10-15-13-9-7-6-8-12(13)11-14(2,3)4/h6-9H,5,10-11H2,1-4H3. The molecule has 0 spiro atoms. The van der Waals surface area contributed by atoms with Gasteiger partial charge in [0.15, 0.2) is 0 Å². The lowest BCUT2D eigenvalue weighted by atomic mass is 9.88. The topological polar surface area (TPSA) is 0 Å². The van der Waals surface area contributed by atoms with Gasteiger partial charge in [0.05, 0.1) is 0 Å². The zero-order chi connectivity index (χ0) is 11.3. The van der Waals surface area contributed by atoms with E-state index in [1.54, 1.807) is 0 Å². The highest BCUT2D eigenvalue weighted by molar-refractivity contribution is 7.99. The summed E-state index contributed by atoms with van der Waals surface area (Å²) in [5, 5.41) is 0. The van der Waals surface area contributed by atoms with Crippen LogP contribution in [0, 0.1) is 5.41 Å². The van der Waals surface area contributed by atoms with E-state index in [2.05, 4.69) is 52.0 Å². The van der Waals surface area contributed by atoms with Gasteiger partial charge >= 0.3 is 0 Å². The number of hydrogen-bond acceptors (Lipinski definition) is 1. The minimum Gasteiger partial charge on any atom is -0.126 e. The molecular formula is C14H22S. The van der Waals surface area contributed by atoms with Gasteiger partial charge in [-0.2, -0.15) is 0 Å². The Morgan fingerprint density at radius 2 is 1.80 bits per heavy atom. The molecule has 84 valence electrons. The molecular weight excluding hydrogens is 200 g/mol. The Bertz CT molecular complexity index is 296. The van der Waals surface area contributed by atoms with Gasteiger partial charge in [-0.3, -0.25) is 0 Å². The molecule has 0 saturated heterocycles. The molecule has 0 nitrogen and oxygen atoms in total. The van der Waals surface area contributed by atoms with Crippen LogP contribution in [0.2, 0.25) is 0 Å². The van der Waals surface area contributed by atoms with Crippen molar-refractivity contribution in [1.82, 2.24) is 0 Å². The van der Waals surface area contributed by atoms with Crippen LogP contribution in [0.4, 0.5) is 0 Å². The molecule has 1 heteroatoms. The molecule has 0 fully saturated rings. The molecule has 0 radical (unpaired) electrons. The molecule has 1 rings (SSSR count). The summed E-state index contributed by atoms with van der Waals surface area (Å²) >= 11 is 1.99. The van der Waals surface area contributed by atoms with Crippen molar-refractivity contribution in [2.75, 3.05) is 5.75 Å².